The lowest BCUT2D eigenvalue weighted by molar-refractivity contribution is -0.266. The van der Waals surface area contributed by atoms with Crippen LogP contribution in [0.15, 0.2) is 60.7 Å². The first kappa shape index (κ1) is 26.5. The lowest BCUT2D eigenvalue weighted by Crippen LogP contribution is -2.51. The van der Waals surface area contributed by atoms with E-state index >= 15 is 0 Å². The van der Waals surface area contributed by atoms with Crippen LogP contribution in [-0.2, 0) is 11.8 Å². The molecule has 8 heteroatoms. The van der Waals surface area contributed by atoms with E-state index < -0.39 is 41.7 Å². The van der Waals surface area contributed by atoms with Gasteiger partial charge in [-0.25, -0.2) is 8.78 Å². The maximum absolute atomic E-state index is 14.6. The van der Waals surface area contributed by atoms with Crippen molar-refractivity contribution >= 4 is 0 Å². The molecule has 0 aromatic heterocycles. The fraction of sp³-hybridized carbons (Fsp3) is 0.333. The molecule has 1 unspecified atom stereocenters. The van der Waals surface area contributed by atoms with Crippen LogP contribution in [0.4, 0.5) is 22.0 Å². The Kier molecular flexibility index (Phi) is 7.45. The molecule has 0 radical (unpaired) electrons. The molecule has 3 rings (SSSR count). The van der Waals surface area contributed by atoms with Crippen molar-refractivity contribution in [3.8, 4) is 22.6 Å². The molecule has 3 aromatic carbocycles. The van der Waals surface area contributed by atoms with Crippen LogP contribution in [0.1, 0.15) is 31.4 Å². The van der Waals surface area contributed by atoms with E-state index in [1.54, 1.807) is 30.3 Å². The van der Waals surface area contributed by atoms with E-state index in [2.05, 4.69) is 0 Å². The quantitative estimate of drug-likeness (QED) is 0.348. The molecule has 0 spiro atoms. The summed E-state index contributed by atoms with van der Waals surface area (Å²) in [6.07, 6.45) is -6.91. The van der Waals surface area contributed by atoms with Crippen LogP contribution in [0.2, 0.25) is 0 Å². The lowest BCUT2D eigenvalue weighted by Gasteiger charge is -2.38. The Morgan fingerprint density at radius 3 is 2.06 bits per heavy atom. The zero-order chi connectivity index (χ0) is 26.0. The summed E-state index contributed by atoms with van der Waals surface area (Å²) in [5, 5.41) is 11.1. The second-order valence-electron chi connectivity index (χ2n) is 9.12. The smallest absolute Gasteiger partial charge is 0.417 e. The van der Waals surface area contributed by atoms with E-state index in [4.69, 9.17) is 9.47 Å². The highest BCUT2D eigenvalue weighted by Crippen LogP contribution is 2.47. The molecule has 0 saturated heterocycles. The monoisotopic (exact) mass is 494 g/mol. The molecule has 0 aliphatic heterocycles. The van der Waals surface area contributed by atoms with Crippen LogP contribution in [0, 0.1) is 11.6 Å². The van der Waals surface area contributed by atoms with Crippen molar-refractivity contribution in [2.24, 2.45) is 0 Å². The first-order chi connectivity index (χ1) is 16.3. The average molecular weight is 495 g/mol. The Morgan fingerprint density at radius 1 is 0.829 bits per heavy atom. The van der Waals surface area contributed by atoms with Crippen molar-refractivity contribution in [3.05, 3.63) is 83.4 Å². The molecule has 0 aliphatic rings. The zero-order valence-electron chi connectivity index (χ0n) is 19.8. The lowest BCUT2D eigenvalue weighted by atomic mass is 9.72. The molecule has 0 saturated carbocycles. The molecule has 3 nitrogen and oxygen atoms in total. The number of aliphatic hydroxyl groups is 1. The highest BCUT2D eigenvalue weighted by molar-refractivity contribution is 5.72. The number of hydrogen-bond donors (Lipinski definition) is 1. The number of rotatable bonds is 8. The van der Waals surface area contributed by atoms with Gasteiger partial charge >= 0.3 is 6.18 Å². The maximum atomic E-state index is 14.6. The number of benzene rings is 3. The molecule has 3 aromatic rings. The Hall–Kier alpha value is -3.13. The molecule has 0 amide bonds. The first-order valence-corrected chi connectivity index (χ1v) is 10.9. The summed E-state index contributed by atoms with van der Waals surface area (Å²) in [5.41, 5.74) is -3.83. The van der Waals surface area contributed by atoms with Gasteiger partial charge in [0, 0.05) is 23.1 Å². The van der Waals surface area contributed by atoms with Crippen molar-refractivity contribution in [2.45, 2.75) is 43.9 Å². The summed E-state index contributed by atoms with van der Waals surface area (Å²) in [6.45, 7) is 2.92. The van der Waals surface area contributed by atoms with Gasteiger partial charge in [-0.3, -0.25) is 0 Å². The molecule has 0 heterocycles. The van der Waals surface area contributed by atoms with Crippen LogP contribution >= 0.6 is 0 Å². The predicted octanol–water partition coefficient (Wildman–Crippen LogP) is 6.85. The molecule has 0 bridgehead atoms. The molecule has 1 atom stereocenters. The van der Waals surface area contributed by atoms with Gasteiger partial charge in [0.15, 0.2) is 5.60 Å². The van der Waals surface area contributed by atoms with E-state index in [0.29, 0.717) is 5.56 Å². The van der Waals surface area contributed by atoms with E-state index in [-0.39, 0.29) is 28.2 Å². The van der Waals surface area contributed by atoms with Crippen LogP contribution in [0.5, 0.6) is 11.5 Å². The van der Waals surface area contributed by atoms with Gasteiger partial charge in [0.25, 0.3) is 0 Å². The summed E-state index contributed by atoms with van der Waals surface area (Å²) < 4.78 is 82.3. The number of hydrogen-bond acceptors (Lipinski definition) is 3. The SMILES string of the molecule is COc1ccc(F)cc1C(C)(C)CC(O)(Cc1cc(F)cc(-c2ccccc2)c1OC)C(F)(F)F. The Balaban J connectivity index is 2.11. The largest absolute Gasteiger partial charge is 0.496 e. The van der Waals surface area contributed by atoms with Gasteiger partial charge in [-0.2, -0.15) is 13.2 Å². The fourth-order valence-electron chi connectivity index (χ4n) is 4.47. The molecule has 0 aliphatic carbocycles. The Bertz CT molecular complexity index is 1180. The minimum atomic E-state index is -5.09. The van der Waals surface area contributed by atoms with Gasteiger partial charge in [-0.15, -0.1) is 0 Å². The summed E-state index contributed by atoms with van der Waals surface area (Å²) in [6, 6.07) is 14.2. The summed E-state index contributed by atoms with van der Waals surface area (Å²) in [5.74, 6) is -1.20. The van der Waals surface area contributed by atoms with Gasteiger partial charge in [-0.1, -0.05) is 44.2 Å². The third-order valence-electron chi connectivity index (χ3n) is 6.06. The van der Waals surface area contributed by atoms with Crippen LogP contribution in [0.25, 0.3) is 11.1 Å². The number of ether oxygens (including phenoxy) is 2. The maximum Gasteiger partial charge on any atom is 0.417 e. The zero-order valence-corrected chi connectivity index (χ0v) is 19.8. The molecule has 188 valence electrons. The van der Waals surface area contributed by atoms with Crippen molar-refractivity contribution in [1.29, 1.82) is 0 Å². The van der Waals surface area contributed by atoms with Crippen molar-refractivity contribution in [3.63, 3.8) is 0 Å². The van der Waals surface area contributed by atoms with Crippen molar-refractivity contribution in [2.75, 3.05) is 14.2 Å². The fourth-order valence-corrected chi connectivity index (χ4v) is 4.47. The molecule has 35 heavy (non-hydrogen) atoms. The second kappa shape index (κ2) is 9.85. The van der Waals surface area contributed by atoms with Gasteiger partial charge < -0.3 is 14.6 Å². The minimum Gasteiger partial charge on any atom is -0.496 e. The van der Waals surface area contributed by atoms with Crippen molar-refractivity contribution < 1.29 is 36.5 Å². The molecular weight excluding hydrogens is 467 g/mol. The number of halogens is 5. The van der Waals surface area contributed by atoms with Crippen molar-refractivity contribution in [1.82, 2.24) is 0 Å². The predicted molar refractivity (Wildman–Crippen MR) is 124 cm³/mol. The van der Waals surface area contributed by atoms with E-state index in [9.17, 15) is 27.1 Å². The number of methoxy groups -OCH3 is 2. The van der Waals surface area contributed by atoms with Gasteiger partial charge in [0.05, 0.1) is 14.2 Å². The van der Waals surface area contributed by atoms with Crippen LogP contribution in [0.3, 0.4) is 0 Å². The second-order valence-corrected chi connectivity index (χ2v) is 9.12. The Labute approximate surface area is 201 Å². The third-order valence-corrected chi connectivity index (χ3v) is 6.06. The van der Waals surface area contributed by atoms with E-state index in [0.717, 1.165) is 18.2 Å². The number of alkyl halides is 3. The van der Waals surface area contributed by atoms with Crippen LogP contribution < -0.4 is 9.47 Å². The standard InChI is InChI=1S/C27H27F5O3/c1-25(2,22-14-19(28)10-11-23(22)34-3)16-26(33,27(30,31)32)15-18-12-20(29)13-21(24(18)35-4)17-8-6-5-7-9-17/h5-14,33H,15-16H2,1-4H3. The molecule has 0 fully saturated rings. The van der Waals surface area contributed by atoms with Gasteiger partial charge in [0.2, 0.25) is 0 Å². The van der Waals surface area contributed by atoms with E-state index in [1.165, 1.54) is 40.2 Å². The Morgan fingerprint density at radius 2 is 1.49 bits per heavy atom. The van der Waals surface area contributed by atoms with Crippen LogP contribution in [-0.4, -0.2) is 31.1 Å². The third kappa shape index (κ3) is 5.59. The first-order valence-electron chi connectivity index (χ1n) is 10.9. The molecule has 1 N–H and O–H groups in total. The average Bonchev–Trinajstić information content (AvgIpc) is 2.78. The summed E-state index contributed by atoms with van der Waals surface area (Å²) in [4.78, 5) is 0. The van der Waals surface area contributed by atoms with Gasteiger partial charge in [-0.05, 0) is 47.7 Å². The summed E-state index contributed by atoms with van der Waals surface area (Å²) >= 11 is 0. The highest BCUT2D eigenvalue weighted by Gasteiger charge is 2.56. The van der Waals surface area contributed by atoms with E-state index in [1.807, 2.05) is 0 Å². The van der Waals surface area contributed by atoms with Gasteiger partial charge in [0.1, 0.15) is 23.1 Å². The highest BCUT2D eigenvalue weighted by atomic mass is 19.4. The topological polar surface area (TPSA) is 38.7 Å². The normalized spacial score (nSPS) is 13.9. The minimum absolute atomic E-state index is 0.0291. The summed E-state index contributed by atoms with van der Waals surface area (Å²) in [7, 11) is 2.60. The molecular formula is C27H27F5O3.